The van der Waals surface area contributed by atoms with Crippen LogP contribution in [0.25, 0.3) is 0 Å². The molecular weight excluding hydrogens is 242 g/mol. The van der Waals surface area contributed by atoms with E-state index in [1.807, 2.05) is 24.3 Å². The Morgan fingerprint density at radius 3 is 3.05 bits per heavy atom. The third kappa shape index (κ3) is 2.37. The molecule has 2 aromatic rings. The second-order valence-electron chi connectivity index (χ2n) is 4.31. The number of fused-ring (bicyclic) bond motifs is 1. The first kappa shape index (κ1) is 11.6. The van der Waals surface area contributed by atoms with Crippen LogP contribution in [0.3, 0.4) is 0 Å². The highest BCUT2D eigenvalue weighted by molar-refractivity contribution is 5.95. The normalized spacial score (nSPS) is 17.2. The minimum atomic E-state index is -0.179. The molecule has 0 bridgehead atoms. The van der Waals surface area contributed by atoms with Crippen molar-refractivity contribution in [2.45, 2.75) is 12.3 Å². The van der Waals surface area contributed by atoms with Crippen LogP contribution in [0.5, 0.6) is 0 Å². The minimum absolute atomic E-state index is 0.0954. The Morgan fingerprint density at radius 2 is 2.21 bits per heavy atom. The molecule has 1 atom stereocenters. The molecule has 0 radical (unpaired) electrons. The van der Waals surface area contributed by atoms with E-state index >= 15 is 0 Å². The maximum absolute atomic E-state index is 12.3. The molecule has 6 heteroatoms. The Morgan fingerprint density at radius 1 is 1.32 bits per heavy atom. The van der Waals surface area contributed by atoms with Gasteiger partial charge < -0.3 is 5.32 Å². The molecule has 3 rings (SSSR count). The van der Waals surface area contributed by atoms with Gasteiger partial charge in [-0.3, -0.25) is 10.1 Å². The van der Waals surface area contributed by atoms with Gasteiger partial charge in [0.05, 0.1) is 18.3 Å². The summed E-state index contributed by atoms with van der Waals surface area (Å²) in [5, 5.41) is 13.4. The van der Waals surface area contributed by atoms with Crippen molar-refractivity contribution in [1.29, 1.82) is 0 Å². The minimum Gasteiger partial charge on any atom is -0.385 e. The summed E-state index contributed by atoms with van der Waals surface area (Å²) >= 11 is 0. The standard InChI is InChI=1S/C13H13N5O/c19-12(17-13-15-7-8-16-18-13)10-5-6-14-11-4-2-1-3-9(10)11/h1-4,7-8,10,14H,5-6H2,(H,15,17,18,19). The van der Waals surface area contributed by atoms with Crippen LogP contribution in [-0.4, -0.2) is 27.6 Å². The Labute approximate surface area is 110 Å². The molecule has 19 heavy (non-hydrogen) atoms. The Balaban J connectivity index is 1.82. The number of carbonyl (C=O) groups excluding carboxylic acids is 1. The van der Waals surface area contributed by atoms with E-state index in [1.165, 1.54) is 12.4 Å². The number of para-hydroxylation sites is 1. The number of hydrogen-bond donors (Lipinski definition) is 2. The first-order valence-corrected chi connectivity index (χ1v) is 6.12. The van der Waals surface area contributed by atoms with Crippen molar-refractivity contribution in [2.75, 3.05) is 17.2 Å². The molecule has 1 aromatic carbocycles. The van der Waals surface area contributed by atoms with Gasteiger partial charge in [-0.05, 0) is 18.1 Å². The van der Waals surface area contributed by atoms with Gasteiger partial charge in [-0.2, -0.15) is 5.10 Å². The van der Waals surface area contributed by atoms with Crippen LogP contribution >= 0.6 is 0 Å². The van der Waals surface area contributed by atoms with Gasteiger partial charge in [0.2, 0.25) is 11.9 Å². The topological polar surface area (TPSA) is 79.8 Å². The second-order valence-corrected chi connectivity index (χ2v) is 4.31. The zero-order valence-corrected chi connectivity index (χ0v) is 10.2. The van der Waals surface area contributed by atoms with Crippen LogP contribution in [-0.2, 0) is 4.79 Å². The van der Waals surface area contributed by atoms with Crippen molar-refractivity contribution in [3.05, 3.63) is 42.2 Å². The van der Waals surface area contributed by atoms with Gasteiger partial charge in [-0.25, -0.2) is 4.98 Å². The third-order valence-corrected chi connectivity index (χ3v) is 3.12. The van der Waals surface area contributed by atoms with Crippen LogP contribution in [0.15, 0.2) is 36.7 Å². The number of nitrogens with zero attached hydrogens (tertiary/aromatic N) is 3. The molecule has 96 valence electrons. The van der Waals surface area contributed by atoms with Crippen LogP contribution in [0, 0.1) is 0 Å². The number of carbonyl (C=O) groups is 1. The zero-order chi connectivity index (χ0) is 13.1. The fraction of sp³-hybridized carbons (Fsp3) is 0.231. The fourth-order valence-electron chi connectivity index (χ4n) is 2.24. The molecule has 6 nitrogen and oxygen atoms in total. The summed E-state index contributed by atoms with van der Waals surface area (Å²) in [4.78, 5) is 16.2. The molecule has 0 saturated carbocycles. The van der Waals surface area contributed by atoms with Crippen LogP contribution < -0.4 is 10.6 Å². The zero-order valence-electron chi connectivity index (χ0n) is 10.2. The van der Waals surface area contributed by atoms with E-state index in [9.17, 15) is 4.79 Å². The number of amides is 1. The molecule has 1 unspecified atom stereocenters. The summed E-state index contributed by atoms with van der Waals surface area (Å²) in [5.41, 5.74) is 2.02. The predicted octanol–water partition coefficient (Wildman–Crippen LogP) is 1.41. The van der Waals surface area contributed by atoms with Crippen molar-refractivity contribution in [2.24, 2.45) is 0 Å². The molecule has 1 amide bonds. The first-order chi connectivity index (χ1) is 9.34. The summed E-state index contributed by atoms with van der Waals surface area (Å²) < 4.78 is 0. The van der Waals surface area contributed by atoms with Crippen molar-refractivity contribution in [1.82, 2.24) is 15.2 Å². The number of benzene rings is 1. The lowest BCUT2D eigenvalue weighted by Crippen LogP contribution is -2.28. The summed E-state index contributed by atoms with van der Waals surface area (Å²) in [6, 6.07) is 7.84. The highest BCUT2D eigenvalue weighted by atomic mass is 16.2. The van der Waals surface area contributed by atoms with Gasteiger partial charge in [0, 0.05) is 12.2 Å². The number of hydrogen-bond acceptors (Lipinski definition) is 5. The lowest BCUT2D eigenvalue weighted by atomic mass is 9.90. The highest BCUT2D eigenvalue weighted by Crippen LogP contribution is 2.31. The monoisotopic (exact) mass is 255 g/mol. The van der Waals surface area contributed by atoms with Crippen LogP contribution in [0.4, 0.5) is 11.6 Å². The quantitative estimate of drug-likeness (QED) is 0.848. The number of anilines is 2. The van der Waals surface area contributed by atoms with E-state index in [-0.39, 0.29) is 17.8 Å². The summed E-state index contributed by atoms with van der Waals surface area (Å²) in [6.45, 7) is 0.781. The van der Waals surface area contributed by atoms with Gasteiger partial charge in [0.15, 0.2) is 0 Å². The van der Waals surface area contributed by atoms with E-state index in [0.29, 0.717) is 0 Å². The van der Waals surface area contributed by atoms with E-state index < -0.39 is 0 Å². The smallest absolute Gasteiger partial charge is 0.249 e. The van der Waals surface area contributed by atoms with E-state index in [2.05, 4.69) is 25.8 Å². The van der Waals surface area contributed by atoms with Gasteiger partial charge in [-0.15, -0.1) is 5.10 Å². The second kappa shape index (κ2) is 5.01. The molecule has 0 aliphatic carbocycles. The molecule has 0 fully saturated rings. The van der Waals surface area contributed by atoms with Gasteiger partial charge in [0.1, 0.15) is 0 Å². The molecule has 0 spiro atoms. The van der Waals surface area contributed by atoms with Crippen molar-refractivity contribution >= 4 is 17.5 Å². The average Bonchev–Trinajstić information content (AvgIpc) is 2.47. The number of nitrogens with one attached hydrogen (secondary N) is 2. The lowest BCUT2D eigenvalue weighted by molar-refractivity contribution is -0.117. The van der Waals surface area contributed by atoms with Crippen molar-refractivity contribution in [3.63, 3.8) is 0 Å². The van der Waals surface area contributed by atoms with Crippen LogP contribution in [0.1, 0.15) is 17.9 Å². The van der Waals surface area contributed by atoms with Gasteiger partial charge in [0.25, 0.3) is 0 Å². The molecule has 1 aliphatic heterocycles. The van der Waals surface area contributed by atoms with E-state index in [1.54, 1.807) is 0 Å². The third-order valence-electron chi connectivity index (χ3n) is 3.12. The van der Waals surface area contributed by atoms with Gasteiger partial charge in [-0.1, -0.05) is 18.2 Å². The molecule has 1 aromatic heterocycles. The summed E-state index contributed by atoms with van der Waals surface area (Å²) in [5.74, 6) is -0.0354. The van der Waals surface area contributed by atoms with E-state index in [4.69, 9.17) is 0 Å². The Kier molecular flexibility index (Phi) is 3.06. The first-order valence-electron chi connectivity index (χ1n) is 6.12. The molecular formula is C13H13N5O. The molecule has 2 N–H and O–H groups in total. The van der Waals surface area contributed by atoms with Crippen molar-refractivity contribution < 1.29 is 4.79 Å². The lowest BCUT2D eigenvalue weighted by Gasteiger charge is -2.25. The van der Waals surface area contributed by atoms with Crippen molar-refractivity contribution in [3.8, 4) is 0 Å². The largest absolute Gasteiger partial charge is 0.385 e. The molecule has 2 heterocycles. The summed E-state index contributed by atoms with van der Waals surface area (Å²) in [6.07, 6.45) is 3.72. The SMILES string of the molecule is O=C(Nc1nccnn1)C1CCNc2ccccc21. The number of aromatic nitrogens is 3. The number of rotatable bonds is 2. The van der Waals surface area contributed by atoms with Gasteiger partial charge >= 0.3 is 0 Å². The Hall–Kier alpha value is -2.50. The highest BCUT2D eigenvalue weighted by Gasteiger charge is 2.26. The maximum Gasteiger partial charge on any atom is 0.249 e. The average molecular weight is 255 g/mol. The Bertz CT molecular complexity index is 587. The van der Waals surface area contributed by atoms with Crippen LogP contribution in [0.2, 0.25) is 0 Å². The summed E-state index contributed by atoms with van der Waals surface area (Å²) in [7, 11) is 0. The fourth-order valence-corrected chi connectivity index (χ4v) is 2.24. The predicted molar refractivity (Wildman–Crippen MR) is 70.7 cm³/mol. The molecule has 0 saturated heterocycles. The molecule has 1 aliphatic rings. The maximum atomic E-state index is 12.3. The van der Waals surface area contributed by atoms with E-state index in [0.717, 1.165) is 24.2 Å².